The molecule has 1 N–H and O–H groups in total. The lowest BCUT2D eigenvalue weighted by atomic mass is 10.2. The molecule has 0 fully saturated rings. The van der Waals surface area contributed by atoms with Crippen molar-refractivity contribution in [3.05, 3.63) is 99.2 Å². The molecule has 2 aromatic carbocycles. The molecule has 26 heavy (non-hydrogen) atoms. The molecule has 0 unspecified atom stereocenters. The van der Waals surface area contributed by atoms with Gasteiger partial charge in [-0.25, -0.2) is 9.07 Å². The third kappa shape index (κ3) is 2.91. The van der Waals surface area contributed by atoms with E-state index in [2.05, 4.69) is 11.7 Å². The van der Waals surface area contributed by atoms with Gasteiger partial charge in [0, 0.05) is 5.56 Å². The molecule has 0 aliphatic heterocycles. The summed E-state index contributed by atoms with van der Waals surface area (Å²) in [7, 11) is 0. The topological polar surface area (TPSA) is 50.9 Å². The minimum atomic E-state index is -0.333. The molecule has 128 valence electrons. The van der Waals surface area contributed by atoms with Crippen LogP contribution in [0.1, 0.15) is 5.76 Å². The van der Waals surface area contributed by atoms with Gasteiger partial charge in [0.05, 0.1) is 16.3 Å². The molecule has 5 heteroatoms. The molecule has 0 radical (unpaired) electrons. The van der Waals surface area contributed by atoms with Gasteiger partial charge in [0.25, 0.3) is 5.56 Å². The van der Waals surface area contributed by atoms with Crippen LogP contribution < -0.4 is 16.1 Å². The van der Waals surface area contributed by atoms with Gasteiger partial charge >= 0.3 is 0 Å². The summed E-state index contributed by atoms with van der Waals surface area (Å²) in [5, 5.41) is 3.87. The average Bonchev–Trinajstić information content (AvgIpc) is 3.23. The third-order valence-electron chi connectivity index (χ3n) is 4.04. The van der Waals surface area contributed by atoms with Crippen molar-refractivity contribution in [2.24, 2.45) is 0 Å². The Morgan fingerprint density at radius 3 is 2.62 bits per heavy atom. The SMILES string of the molecule is C=c1[nH]n(-c2ccccc2)c(=O)c1=Cc1ccc(-c2cccc(F)c2)o1. The second-order valence-electron chi connectivity index (χ2n) is 5.84. The van der Waals surface area contributed by atoms with Gasteiger partial charge in [-0.2, -0.15) is 0 Å². The molecule has 0 spiro atoms. The molecule has 2 aromatic heterocycles. The molecule has 2 heterocycles. The Labute approximate surface area is 148 Å². The summed E-state index contributed by atoms with van der Waals surface area (Å²) in [5.74, 6) is 0.687. The van der Waals surface area contributed by atoms with Crippen LogP contribution in [-0.2, 0) is 0 Å². The average molecular weight is 346 g/mol. The zero-order valence-corrected chi connectivity index (χ0v) is 13.8. The van der Waals surface area contributed by atoms with Gasteiger partial charge in [-0.3, -0.25) is 9.89 Å². The largest absolute Gasteiger partial charge is 0.457 e. The fourth-order valence-corrected chi connectivity index (χ4v) is 2.77. The summed E-state index contributed by atoms with van der Waals surface area (Å²) in [5.41, 5.74) is 1.14. The number of hydrogen-bond donors (Lipinski definition) is 1. The van der Waals surface area contributed by atoms with Crippen molar-refractivity contribution in [2.45, 2.75) is 0 Å². The minimum Gasteiger partial charge on any atom is -0.457 e. The summed E-state index contributed by atoms with van der Waals surface area (Å²) in [6.45, 7) is 3.90. The number of halogens is 1. The Morgan fingerprint density at radius 2 is 1.85 bits per heavy atom. The number of nitrogens with zero attached hydrogens (tertiary/aromatic N) is 1. The number of rotatable bonds is 3. The van der Waals surface area contributed by atoms with E-state index in [4.69, 9.17) is 4.42 Å². The molecule has 4 nitrogen and oxygen atoms in total. The fourth-order valence-electron chi connectivity index (χ4n) is 2.77. The number of furan rings is 1. The predicted molar refractivity (Wildman–Crippen MR) is 98.8 cm³/mol. The van der Waals surface area contributed by atoms with Crippen molar-refractivity contribution in [1.82, 2.24) is 9.78 Å². The molecular formula is C21H15FN2O2. The second kappa shape index (κ2) is 6.37. The summed E-state index contributed by atoms with van der Waals surface area (Å²) in [6.07, 6.45) is 1.63. The van der Waals surface area contributed by atoms with Crippen LogP contribution in [0.5, 0.6) is 0 Å². The Bertz CT molecular complexity index is 1230. The van der Waals surface area contributed by atoms with Crippen molar-refractivity contribution >= 4 is 12.7 Å². The lowest BCUT2D eigenvalue weighted by Crippen LogP contribution is -2.33. The highest BCUT2D eigenvalue weighted by Crippen LogP contribution is 2.22. The maximum absolute atomic E-state index is 13.4. The van der Waals surface area contributed by atoms with E-state index in [-0.39, 0.29) is 11.4 Å². The van der Waals surface area contributed by atoms with E-state index in [1.165, 1.54) is 16.8 Å². The van der Waals surface area contributed by atoms with Gasteiger partial charge in [0.1, 0.15) is 17.3 Å². The number of nitrogens with one attached hydrogen (secondary N) is 1. The smallest absolute Gasteiger partial charge is 0.279 e. The van der Waals surface area contributed by atoms with Crippen LogP contribution in [0, 0.1) is 5.82 Å². The van der Waals surface area contributed by atoms with Crippen LogP contribution in [0.3, 0.4) is 0 Å². The quantitative estimate of drug-likeness (QED) is 0.620. The lowest BCUT2D eigenvalue weighted by Gasteiger charge is -1.98. The van der Waals surface area contributed by atoms with Crippen molar-refractivity contribution in [2.75, 3.05) is 0 Å². The maximum Gasteiger partial charge on any atom is 0.279 e. The molecule has 0 aliphatic carbocycles. The first kappa shape index (κ1) is 15.9. The number of aromatic amines is 1. The highest BCUT2D eigenvalue weighted by atomic mass is 19.1. The highest BCUT2D eigenvalue weighted by molar-refractivity contribution is 5.59. The van der Waals surface area contributed by atoms with Gasteiger partial charge in [-0.05, 0) is 42.5 Å². The zero-order chi connectivity index (χ0) is 18.1. The van der Waals surface area contributed by atoms with Crippen LogP contribution in [0.15, 0.2) is 75.9 Å². The number of aromatic nitrogens is 2. The van der Waals surface area contributed by atoms with Crippen molar-refractivity contribution in [3.8, 4) is 17.0 Å². The number of H-pyrrole nitrogens is 1. The van der Waals surface area contributed by atoms with E-state index in [0.717, 1.165) is 5.69 Å². The van der Waals surface area contributed by atoms with Crippen LogP contribution in [0.4, 0.5) is 4.39 Å². The fraction of sp³-hybridized carbons (Fsp3) is 0. The van der Waals surface area contributed by atoms with Gasteiger partial charge in [0.2, 0.25) is 0 Å². The molecule has 0 saturated carbocycles. The van der Waals surface area contributed by atoms with Gasteiger partial charge < -0.3 is 4.42 Å². The summed E-state index contributed by atoms with van der Waals surface area (Å²) < 4.78 is 20.5. The van der Waals surface area contributed by atoms with E-state index >= 15 is 0 Å². The van der Waals surface area contributed by atoms with Crippen molar-refractivity contribution < 1.29 is 8.81 Å². The monoisotopic (exact) mass is 346 g/mol. The molecule has 0 amide bonds. The number of hydrogen-bond acceptors (Lipinski definition) is 2. The van der Waals surface area contributed by atoms with Gasteiger partial charge in [-0.1, -0.05) is 36.9 Å². The predicted octanol–water partition coefficient (Wildman–Crippen LogP) is 2.80. The van der Waals surface area contributed by atoms with Crippen LogP contribution >= 0.6 is 0 Å². The van der Waals surface area contributed by atoms with E-state index in [0.29, 0.717) is 27.7 Å². The van der Waals surface area contributed by atoms with Crippen molar-refractivity contribution in [3.63, 3.8) is 0 Å². The van der Waals surface area contributed by atoms with E-state index in [1.807, 2.05) is 30.3 Å². The Morgan fingerprint density at radius 1 is 1.04 bits per heavy atom. The summed E-state index contributed by atoms with van der Waals surface area (Å²) in [6, 6.07) is 18.9. The van der Waals surface area contributed by atoms with E-state index in [9.17, 15) is 9.18 Å². The Balaban J connectivity index is 1.78. The molecular weight excluding hydrogens is 331 g/mol. The minimum absolute atomic E-state index is 0.218. The number of benzene rings is 2. The van der Waals surface area contributed by atoms with Crippen LogP contribution in [-0.4, -0.2) is 9.78 Å². The first-order chi connectivity index (χ1) is 12.6. The lowest BCUT2D eigenvalue weighted by molar-refractivity contribution is 0.569. The van der Waals surface area contributed by atoms with Gasteiger partial charge in [-0.15, -0.1) is 0 Å². The summed E-state index contributed by atoms with van der Waals surface area (Å²) >= 11 is 0. The van der Waals surface area contributed by atoms with E-state index < -0.39 is 0 Å². The van der Waals surface area contributed by atoms with E-state index in [1.54, 1.807) is 30.3 Å². The molecule has 4 rings (SSSR count). The van der Waals surface area contributed by atoms with Gasteiger partial charge in [0.15, 0.2) is 0 Å². The maximum atomic E-state index is 13.4. The third-order valence-corrected chi connectivity index (χ3v) is 4.04. The number of para-hydroxylation sites is 1. The molecule has 0 atom stereocenters. The first-order valence-corrected chi connectivity index (χ1v) is 8.05. The normalized spacial score (nSPS) is 11.8. The molecule has 4 aromatic rings. The summed E-state index contributed by atoms with van der Waals surface area (Å²) in [4.78, 5) is 12.7. The Hall–Kier alpha value is -3.60. The highest BCUT2D eigenvalue weighted by Gasteiger charge is 2.07. The first-order valence-electron chi connectivity index (χ1n) is 8.05. The zero-order valence-electron chi connectivity index (χ0n) is 13.8. The molecule has 0 aliphatic rings. The van der Waals surface area contributed by atoms with Crippen LogP contribution in [0.25, 0.3) is 29.7 Å². The standard InChI is InChI=1S/C21H15FN2O2/c1-14-19(21(25)24(23-14)17-8-3-2-4-9-17)13-18-10-11-20(26-18)15-6-5-7-16(22)12-15/h2-13,23H,1H2. The van der Waals surface area contributed by atoms with Crippen LogP contribution in [0.2, 0.25) is 0 Å². The Kier molecular flexibility index (Phi) is 3.89. The second-order valence-corrected chi connectivity index (χ2v) is 5.84. The molecule has 0 saturated heterocycles. The molecule has 0 bridgehead atoms. The van der Waals surface area contributed by atoms with Crippen molar-refractivity contribution in [1.29, 1.82) is 0 Å².